The molecule has 15 heavy (non-hydrogen) atoms. The number of hydrogen-bond donors (Lipinski definition) is 0. The largest absolute Gasteiger partial charge is 1.00 e. The van der Waals surface area contributed by atoms with Gasteiger partial charge in [0.15, 0.2) is 10.3 Å². The molecular formula is C9H6Cl2N2S2. The molecule has 0 unspecified atom stereocenters. The average Bonchev–Trinajstić information content (AvgIpc) is 2.65. The lowest BCUT2D eigenvalue weighted by atomic mass is 10.2. The van der Waals surface area contributed by atoms with Gasteiger partial charge in [0, 0.05) is 22.2 Å². The van der Waals surface area contributed by atoms with Crippen LogP contribution >= 0.6 is 33.3 Å². The monoisotopic (exact) mass is 276 g/mol. The first kappa shape index (κ1) is 12.5. The van der Waals surface area contributed by atoms with Crippen molar-refractivity contribution in [2.75, 3.05) is 0 Å². The molecule has 2 nitrogen and oxygen atoms in total. The van der Waals surface area contributed by atoms with Crippen LogP contribution < -0.4 is 12.4 Å². The molecule has 1 aromatic carbocycles. The van der Waals surface area contributed by atoms with Crippen molar-refractivity contribution >= 4 is 54.3 Å². The maximum absolute atomic E-state index is 4.30. The van der Waals surface area contributed by atoms with E-state index in [9.17, 15) is 0 Å². The molecule has 3 rings (SSSR count). The summed E-state index contributed by atoms with van der Waals surface area (Å²) in [6.45, 7) is 0. The molecule has 0 bridgehead atoms. The van der Waals surface area contributed by atoms with Crippen molar-refractivity contribution in [2.45, 2.75) is 0 Å². The van der Waals surface area contributed by atoms with Gasteiger partial charge >= 0.3 is 10.5 Å². The van der Waals surface area contributed by atoms with Gasteiger partial charge < -0.3 is 12.4 Å². The molecule has 2 heterocycles. The predicted molar refractivity (Wildman–Crippen MR) is 64.5 cm³/mol. The topological polar surface area (TPSA) is 25.8 Å². The van der Waals surface area contributed by atoms with E-state index in [-0.39, 0.29) is 24.8 Å². The van der Waals surface area contributed by atoms with E-state index in [2.05, 4.69) is 21.5 Å². The molecule has 6 heteroatoms. The summed E-state index contributed by atoms with van der Waals surface area (Å²) in [5.74, 6) is 0. The second-order valence-electron chi connectivity index (χ2n) is 2.76. The lowest BCUT2D eigenvalue weighted by Crippen LogP contribution is -3.00. The Hall–Kier alpha value is -0.550. The highest BCUT2D eigenvalue weighted by Gasteiger charge is 2.09. The number of nitrogens with zero attached hydrogens (tertiary/aromatic N) is 2. The van der Waals surface area contributed by atoms with E-state index in [1.807, 2.05) is 18.5 Å². The van der Waals surface area contributed by atoms with E-state index in [4.69, 9.17) is 0 Å². The second-order valence-corrected chi connectivity index (χ2v) is 4.61. The number of rotatable bonds is 0. The van der Waals surface area contributed by atoms with Crippen LogP contribution in [0.2, 0.25) is 0 Å². The number of halogens is 2. The molecule has 0 saturated heterocycles. The zero-order valence-electron chi connectivity index (χ0n) is 7.38. The smallest absolute Gasteiger partial charge is 0.440 e. The fourth-order valence-electron chi connectivity index (χ4n) is 1.38. The van der Waals surface area contributed by atoms with Gasteiger partial charge in [-0.05, 0) is 17.5 Å². The summed E-state index contributed by atoms with van der Waals surface area (Å²) in [6.07, 6.45) is 3.72. The maximum Gasteiger partial charge on any atom is 0.440 e. The van der Waals surface area contributed by atoms with Crippen molar-refractivity contribution in [1.82, 2.24) is 9.36 Å². The van der Waals surface area contributed by atoms with Crippen LogP contribution in [0, 0.1) is 0 Å². The van der Waals surface area contributed by atoms with E-state index in [0.29, 0.717) is 0 Å². The molecule has 3 aromatic rings. The fraction of sp³-hybridized carbons (Fsp3) is 0. The van der Waals surface area contributed by atoms with Crippen molar-refractivity contribution in [3.05, 3.63) is 30.6 Å². The molecule has 0 aliphatic heterocycles. The first-order valence-electron chi connectivity index (χ1n) is 3.86. The Labute approximate surface area is 106 Å². The van der Waals surface area contributed by atoms with Gasteiger partial charge in [-0.2, -0.15) is 0 Å². The Kier molecular flexibility index (Phi) is 4.16. The van der Waals surface area contributed by atoms with E-state index < -0.39 is 0 Å². The molecule has 0 radical (unpaired) electrons. The normalized spacial score (nSPS) is 9.60. The number of fused-ring (bicyclic) bond motifs is 3. The molecule has 78 valence electrons. The third kappa shape index (κ3) is 2.03. The van der Waals surface area contributed by atoms with Crippen molar-refractivity contribution in [2.24, 2.45) is 0 Å². The van der Waals surface area contributed by atoms with Gasteiger partial charge in [0.05, 0.1) is 0 Å². The highest BCUT2D eigenvalue weighted by Crippen LogP contribution is 2.29. The van der Waals surface area contributed by atoms with Gasteiger partial charge in [0.2, 0.25) is 0 Å². The van der Waals surface area contributed by atoms with E-state index in [1.54, 1.807) is 10.3 Å². The third-order valence-corrected chi connectivity index (χ3v) is 3.90. The number of pyridine rings is 1. The quantitative estimate of drug-likeness (QED) is 0.444. The Bertz CT molecular complexity index is 582. The van der Waals surface area contributed by atoms with Gasteiger partial charge in [-0.15, -0.1) is 12.4 Å². The standard InChI is InChI=1S/C9H5N2S2.2ClH/c1-2-8-9(12-13-11-8)7-5-10-4-3-6(1)7;;/h1-5H;2*1H/q+1;;/p-1. The summed E-state index contributed by atoms with van der Waals surface area (Å²) in [6, 6.07) is 6.18. The predicted octanol–water partition coefficient (Wildman–Crippen LogP) is 0.613. The molecule has 0 spiro atoms. The van der Waals surface area contributed by atoms with Crippen LogP contribution in [0.4, 0.5) is 0 Å². The fourth-order valence-corrected chi connectivity index (χ4v) is 3.34. The minimum absolute atomic E-state index is 0. The first-order chi connectivity index (χ1) is 6.45. The summed E-state index contributed by atoms with van der Waals surface area (Å²) in [7, 11) is 3.24. The molecule has 0 N–H and O–H groups in total. The SMILES string of the molecule is Cl.[Cl-].c1cc2ccc3n[s+]sc3c2cn1. The van der Waals surface area contributed by atoms with Crippen LogP contribution in [-0.2, 0) is 0 Å². The van der Waals surface area contributed by atoms with Crippen molar-refractivity contribution in [3.63, 3.8) is 0 Å². The summed E-state index contributed by atoms with van der Waals surface area (Å²) >= 11 is 0. The zero-order chi connectivity index (χ0) is 8.67. The van der Waals surface area contributed by atoms with Crippen LogP contribution in [0.25, 0.3) is 21.0 Å². The van der Waals surface area contributed by atoms with Gasteiger partial charge in [0.1, 0.15) is 10.2 Å². The molecular weight excluding hydrogens is 271 g/mol. The van der Waals surface area contributed by atoms with E-state index in [1.165, 1.54) is 26.0 Å². The Morgan fingerprint density at radius 1 is 1.20 bits per heavy atom. The lowest BCUT2D eigenvalue weighted by molar-refractivity contribution is -0.00000262. The van der Waals surface area contributed by atoms with Gasteiger partial charge in [-0.25, -0.2) is 0 Å². The lowest BCUT2D eigenvalue weighted by Gasteiger charge is -1.93. The Balaban J connectivity index is 0.000000562. The molecule has 0 atom stereocenters. The van der Waals surface area contributed by atoms with Crippen molar-refractivity contribution in [1.29, 1.82) is 0 Å². The maximum atomic E-state index is 4.30. The van der Waals surface area contributed by atoms with Crippen molar-refractivity contribution in [3.8, 4) is 0 Å². The average molecular weight is 277 g/mol. The number of hydrogen-bond acceptors (Lipinski definition) is 3. The number of benzene rings is 1. The van der Waals surface area contributed by atoms with Crippen LogP contribution in [-0.4, -0.2) is 9.36 Å². The molecule has 0 fully saturated rings. The summed E-state index contributed by atoms with van der Waals surface area (Å²) in [5, 5.41) is 2.44. The van der Waals surface area contributed by atoms with E-state index in [0.717, 1.165) is 5.52 Å². The highest BCUT2D eigenvalue weighted by molar-refractivity contribution is 7.70. The van der Waals surface area contributed by atoms with Gasteiger partial charge in [-0.1, -0.05) is 6.07 Å². The molecule has 0 aliphatic rings. The molecule has 0 saturated carbocycles. The summed E-state index contributed by atoms with van der Waals surface area (Å²) < 4.78 is 5.55. The van der Waals surface area contributed by atoms with Gasteiger partial charge in [-0.3, -0.25) is 4.98 Å². The molecule has 0 aliphatic carbocycles. The second kappa shape index (κ2) is 4.99. The minimum Gasteiger partial charge on any atom is -1.00 e. The minimum atomic E-state index is 0. The van der Waals surface area contributed by atoms with Gasteiger partial charge in [0.25, 0.3) is 0 Å². The summed E-state index contributed by atoms with van der Waals surface area (Å²) in [5.41, 5.74) is 1.08. The molecule has 0 amide bonds. The highest BCUT2D eigenvalue weighted by atomic mass is 35.5. The number of aromatic nitrogens is 2. The van der Waals surface area contributed by atoms with Crippen LogP contribution in [0.15, 0.2) is 30.6 Å². The van der Waals surface area contributed by atoms with Crippen molar-refractivity contribution < 1.29 is 12.4 Å². The first-order valence-corrected chi connectivity index (χ1v) is 5.97. The zero-order valence-corrected chi connectivity index (χ0v) is 10.6. The third-order valence-electron chi connectivity index (χ3n) is 2.01. The van der Waals surface area contributed by atoms with Crippen LogP contribution in [0.3, 0.4) is 0 Å². The molecule has 2 aromatic heterocycles. The summed E-state index contributed by atoms with van der Waals surface area (Å²) in [4.78, 5) is 4.13. The van der Waals surface area contributed by atoms with Crippen LogP contribution in [0.1, 0.15) is 0 Å². The van der Waals surface area contributed by atoms with E-state index >= 15 is 0 Å². The van der Waals surface area contributed by atoms with Crippen LogP contribution in [0.5, 0.6) is 0 Å². The Morgan fingerprint density at radius 2 is 2.07 bits per heavy atom. The Morgan fingerprint density at radius 3 is 2.93 bits per heavy atom.